The maximum absolute atomic E-state index is 5.76. The molecule has 0 atom stereocenters. The Balaban J connectivity index is 1.98. The fourth-order valence-electron chi connectivity index (χ4n) is 3.91. The van der Waals surface area contributed by atoms with Crippen molar-refractivity contribution in [1.29, 1.82) is 0 Å². The molecule has 0 fully saturated rings. The molecule has 0 saturated heterocycles. The fourth-order valence-corrected chi connectivity index (χ4v) is 3.91. The van der Waals surface area contributed by atoms with Crippen LogP contribution in [0.15, 0.2) is 40.1 Å². The van der Waals surface area contributed by atoms with Crippen molar-refractivity contribution in [3.63, 3.8) is 0 Å². The zero-order valence-electron chi connectivity index (χ0n) is 19.0. The topological polar surface area (TPSA) is 88.9 Å². The molecule has 0 spiro atoms. The molecule has 3 heterocycles. The summed E-state index contributed by atoms with van der Waals surface area (Å²) in [5.74, 6) is 2.95. The number of anilines is 1. The van der Waals surface area contributed by atoms with Crippen molar-refractivity contribution >= 4 is 27.8 Å². The zero-order chi connectivity index (χ0) is 22.3. The number of fused-ring (bicyclic) bond motifs is 3. The second-order valence-electron chi connectivity index (χ2n) is 7.70. The molecule has 0 aliphatic rings. The average Bonchev–Trinajstić information content (AvgIpc) is 3.25. The average molecular weight is 418 g/mol. The van der Waals surface area contributed by atoms with E-state index in [0.717, 1.165) is 67.4 Å². The van der Waals surface area contributed by atoms with Gasteiger partial charge in [-0.1, -0.05) is 17.3 Å². The molecule has 0 radical (unpaired) electrons. The van der Waals surface area contributed by atoms with E-state index < -0.39 is 0 Å². The molecule has 0 aliphatic heterocycles. The van der Waals surface area contributed by atoms with Gasteiger partial charge in [0.2, 0.25) is 0 Å². The normalized spacial score (nSPS) is 12.7. The standard InChI is InChI=1S/C24H27N5O2/c1-8-9-12(2)13(3)25-23-22-17-11-20(30-7)18(21-14(4)29-31-15(21)5)10-19(17)28-24(22)27-16(6)26-23/h8-11H,1-7H3,(H2,25,26,27,28)/b9-8+,13-12-. The fraction of sp³-hybridized carbons (Fsp3) is 0.292. The second kappa shape index (κ2) is 7.91. The monoisotopic (exact) mass is 417 g/mol. The summed E-state index contributed by atoms with van der Waals surface area (Å²) in [7, 11) is 1.67. The van der Waals surface area contributed by atoms with Crippen LogP contribution in [0.2, 0.25) is 0 Å². The third-order valence-corrected chi connectivity index (χ3v) is 5.50. The molecule has 4 rings (SSSR count). The largest absolute Gasteiger partial charge is 0.496 e. The number of hydrogen-bond donors (Lipinski definition) is 2. The maximum atomic E-state index is 5.76. The molecule has 3 aromatic heterocycles. The molecule has 7 heteroatoms. The number of nitrogens with zero attached hydrogens (tertiary/aromatic N) is 3. The molecule has 0 amide bonds. The first kappa shape index (κ1) is 20.7. The summed E-state index contributed by atoms with van der Waals surface area (Å²) < 4.78 is 11.1. The van der Waals surface area contributed by atoms with Gasteiger partial charge >= 0.3 is 0 Å². The molecule has 2 N–H and O–H groups in total. The number of ether oxygens (including phenoxy) is 1. The minimum atomic E-state index is 0.691. The van der Waals surface area contributed by atoms with Gasteiger partial charge in [0.25, 0.3) is 0 Å². The Bertz CT molecular complexity index is 1340. The highest BCUT2D eigenvalue weighted by Gasteiger charge is 2.20. The van der Waals surface area contributed by atoms with E-state index in [9.17, 15) is 0 Å². The smallest absolute Gasteiger partial charge is 0.144 e. The van der Waals surface area contributed by atoms with Crippen LogP contribution in [0, 0.1) is 20.8 Å². The Morgan fingerprint density at radius 3 is 2.58 bits per heavy atom. The zero-order valence-corrected chi connectivity index (χ0v) is 19.0. The van der Waals surface area contributed by atoms with E-state index in [4.69, 9.17) is 14.2 Å². The van der Waals surface area contributed by atoms with Gasteiger partial charge < -0.3 is 19.6 Å². The summed E-state index contributed by atoms with van der Waals surface area (Å²) in [6.07, 6.45) is 4.09. The lowest BCUT2D eigenvalue weighted by Crippen LogP contribution is -2.03. The summed E-state index contributed by atoms with van der Waals surface area (Å²) >= 11 is 0. The molecule has 0 aliphatic carbocycles. The van der Waals surface area contributed by atoms with Gasteiger partial charge in [-0.25, -0.2) is 9.97 Å². The molecule has 0 bridgehead atoms. The van der Waals surface area contributed by atoms with Crippen LogP contribution in [-0.4, -0.2) is 27.2 Å². The minimum Gasteiger partial charge on any atom is -0.496 e. The number of hydrogen-bond acceptors (Lipinski definition) is 6. The van der Waals surface area contributed by atoms with Crippen molar-refractivity contribution in [2.75, 3.05) is 12.4 Å². The van der Waals surface area contributed by atoms with Crippen molar-refractivity contribution in [1.82, 2.24) is 20.1 Å². The summed E-state index contributed by atoms with van der Waals surface area (Å²) in [5.41, 5.74) is 6.59. The van der Waals surface area contributed by atoms with E-state index >= 15 is 0 Å². The van der Waals surface area contributed by atoms with Gasteiger partial charge in [0.05, 0.1) is 23.8 Å². The molecule has 31 heavy (non-hydrogen) atoms. The molecule has 4 aromatic rings. The van der Waals surface area contributed by atoms with Crippen LogP contribution in [0.25, 0.3) is 33.1 Å². The lowest BCUT2D eigenvalue weighted by atomic mass is 10.0. The van der Waals surface area contributed by atoms with Gasteiger partial charge in [0.15, 0.2) is 0 Å². The number of rotatable bonds is 5. The molecule has 0 saturated carbocycles. The molecular formula is C24H27N5O2. The van der Waals surface area contributed by atoms with Crippen molar-refractivity contribution in [2.24, 2.45) is 0 Å². The number of aryl methyl sites for hydroxylation is 3. The molecule has 7 nitrogen and oxygen atoms in total. The van der Waals surface area contributed by atoms with Crippen molar-refractivity contribution in [3.8, 4) is 16.9 Å². The van der Waals surface area contributed by atoms with Gasteiger partial charge in [-0.3, -0.25) is 0 Å². The van der Waals surface area contributed by atoms with Crippen molar-refractivity contribution < 1.29 is 9.26 Å². The van der Waals surface area contributed by atoms with Crippen LogP contribution >= 0.6 is 0 Å². The quantitative estimate of drug-likeness (QED) is 0.388. The van der Waals surface area contributed by atoms with Crippen molar-refractivity contribution in [2.45, 2.75) is 41.5 Å². The predicted octanol–water partition coefficient (Wildman–Crippen LogP) is 5.98. The van der Waals surface area contributed by atoms with Gasteiger partial charge in [0.1, 0.15) is 28.8 Å². The third kappa shape index (κ3) is 3.56. The highest BCUT2D eigenvalue weighted by atomic mass is 16.5. The van der Waals surface area contributed by atoms with Gasteiger partial charge in [-0.2, -0.15) is 0 Å². The maximum Gasteiger partial charge on any atom is 0.144 e. The van der Waals surface area contributed by atoms with E-state index in [2.05, 4.69) is 39.5 Å². The van der Waals surface area contributed by atoms with Crippen LogP contribution in [-0.2, 0) is 0 Å². The Labute approximate surface area is 181 Å². The third-order valence-electron chi connectivity index (χ3n) is 5.50. The summed E-state index contributed by atoms with van der Waals surface area (Å²) in [6, 6.07) is 4.09. The Kier molecular flexibility index (Phi) is 5.27. The Morgan fingerprint density at radius 1 is 1.16 bits per heavy atom. The highest BCUT2D eigenvalue weighted by molar-refractivity contribution is 6.13. The number of methoxy groups -OCH3 is 1. The van der Waals surface area contributed by atoms with Crippen LogP contribution in [0.5, 0.6) is 5.75 Å². The van der Waals surface area contributed by atoms with Crippen LogP contribution in [0.3, 0.4) is 0 Å². The Morgan fingerprint density at radius 2 is 1.94 bits per heavy atom. The van der Waals surface area contributed by atoms with Crippen molar-refractivity contribution in [3.05, 3.63) is 52.8 Å². The number of benzene rings is 1. The molecule has 0 unspecified atom stereocenters. The highest BCUT2D eigenvalue weighted by Crippen LogP contribution is 2.40. The van der Waals surface area contributed by atoms with E-state index in [-0.39, 0.29) is 0 Å². The lowest BCUT2D eigenvalue weighted by Gasteiger charge is -2.11. The summed E-state index contributed by atoms with van der Waals surface area (Å²) in [5, 5.41) is 9.49. The minimum absolute atomic E-state index is 0.691. The van der Waals surface area contributed by atoms with Crippen LogP contribution in [0.4, 0.5) is 5.82 Å². The van der Waals surface area contributed by atoms with Gasteiger partial charge in [-0.15, -0.1) is 0 Å². The van der Waals surface area contributed by atoms with Gasteiger partial charge in [0, 0.05) is 22.2 Å². The first-order chi connectivity index (χ1) is 14.8. The molecular weight excluding hydrogens is 390 g/mol. The van der Waals surface area contributed by atoms with E-state index in [1.165, 1.54) is 0 Å². The van der Waals surface area contributed by atoms with E-state index in [1.54, 1.807) is 7.11 Å². The van der Waals surface area contributed by atoms with Gasteiger partial charge in [-0.05, 0) is 59.2 Å². The number of allylic oxidation sites excluding steroid dienone is 4. The number of nitrogens with one attached hydrogen (secondary N) is 2. The lowest BCUT2D eigenvalue weighted by molar-refractivity contribution is 0.393. The van der Waals surface area contributed by atoms with E-state index in [1.807, 2.05) is 46.8 Å². The van der Waals surface area contributed by atoms with E-state index in [0.29, 0.717) is 5.82 Å². The summed E-state index contributed by atoms with van der Waals surface area (Å²) in [6.45, 7) is 11.9. The number of aromatic amines is 1. The van der Waals surface area contributed by atoms with Crippen LogP contribution in [0.1, 0.15) is 38.0 Å². The predicted molar refractivity (Wildman–Crippen MR) is 124 cm³/mol. The number of H-pyrrole nitrogens is 1. The molecule has 1 aromatic carbocycles. The second-order valence-corrected chi connectivity index (χ2v) is 7.70. The first-order valence-electron chi connectivity index (χ1n) is 10.2. The first-order valence-corrected chi connectivity index (χ1v) is 10.2. The SMILES string of the molecule is C/C=C/C(C)=C(/C)Nc1nc(C)nc2[nH]c3cc(-c4c(C)noc4C)c(OC)cc3c12. The number of aromatic nitrogens is 4. The molecule has 160 valence electrons. The van der Waals surface area contributed by atoms with Crippen LogP contribution < -0.4 is 10.1 Å². The summed E-state index contributed by atoms with van der Waals surface area (Å²) in [4.78, 5) is 12.8. The Hall–Kier alpha value is -3.61.